The number of rotatable bonds is 6. The largest absolute Gasteiger partial charge is 0.334 e. The molecule has 2 rings (SSSR count). The monoisotopic (exact) mass is 369 g/mol. The van der Waals surface area contributed by atoms with Gasteiger partial charge in [-0.05, 0) is 64.1 Å². The number of benzene rings is 2. The second kappa shape index (κ2) is 8.44. The average Bonchev–Trinajstić information content (AvgIpc) is 2.61. The Balaban J connectivity index is 2.09. The second-order valence-corrected chi connectivity index (χ2v) is 6.74. The molecule has 2 aromatic rings. The predicted molar refractivity (Wildman–Crippen MR) is 104 cm³/mol. The second-order valence-electron chi connectivity index (χ2n) is 6.74. The van der Waals surface area contributed by atoms with Crippen LogP contribution in [0.15, 0.2) is 48.5 Å². The van der Waals surface area contributed by atoms with Crippen LogP contribution in [0.3, 0.4) is 0 Å². The molecule has 2 aromatic carbocycles. The lowest BCUT2D eigenvalue weighted by Crippen LogP contribution is -2.42. The third-order valence-electron chi connectivity index (χ3n) is 4.08. The van der Waals surface area contributed by atoms with Crippen molar-refractivity contribution < 1.29 is 14.5 Å². The number of carbonyl (C=O) groups excluding carboxylic acids is 2. The standard InChI is InChI=1S/C20H23N3O4/c1-13(2)22(14(3)4)20(25)16-5-9-17(10-6-16)21-19(24)15-7-11-18(12-8-15)23(26)27/h5-14H,1-4H3,(H,21,24). The smallest absolute Gasteiger partial charge is 0.269 e. The van der Waals surface area contributed by atoms with Gasteiger partial charge in [-0.2, -0.15) is 0 Å². The van der Waals surface area contributed by atoms with Crippen LogP contribution in [-0.2, 0) is 0 Å². The van der Waals surface area contributed by atoms with E-state index in [2.05, 4.69) is 5.32 Å². The average molecular weight is 369 g/mol. The van der Waals surface area contributed by atoms with E-state index in [0.717, 1.165) is 0 Å². The minimum absolute atomic E-state index is 0.0618. The maximum atomic E-state index is 12.7. The number of hydrogen-bond acceptors (Lipinski definition) is 4. The van der Waals surface area contributed by atoms with Gasteiger partial charge in [-0.15, -0.1) is 0 Å². The number of nitro groups is 1. The molecule has 0 radical (unpaired) electrons. The molecule has 0 aliphatic heterocycles. The summed E-state index contributed by atoms with van der Waals surface area (Å²) in [5.41, 5.74) is 1.32. The zero-order chi connectivity index (χ0) is 20.1. The Morgan fingerprint density at radius 2 is 1.37 bits per heavy atom. The quantitative estimate of drug-likeness (QED) is 0.613. The highest BCUT2D eigenvalue weighted by Crippen LogP contribution is 2.17. The predicted octanol–water partition coefficient (Wildman–Crippen LogP) is 4.11. The summed E-state index contributed by atoms with van der Waals surface area (Å²) in [5, 5.41) is 13.4. The molecule has 0 saturated heterocycles. The summed E-state index contributed by atoms with van der Waals surface area (Å²) in [7, 11) is 0. The van der Waals surface area contributed by atoms with Crippen molar-refractivity contribution in [2.45, 2.75) is 39.8 Å². The van der Waals surface area contributed by atoms with E-state index in [1.54, 1.807) is 29.2 Å². The minimum Gasteiger partial charge on any atom is -0.334 e. The van der Waals surface area contributed by atoms with Crippen LogP contribution < -0.4 is 5.32 Å². The summed E-state index contributed by atoms with van der Waals surface area (Å²) < 4.78 is 0. The fourth-order valence-electron chi connectivity index (χ4n) is 2.85. The van der Waals surface area contributed by atoms with Crippen LogP contribution in [0.4, 0.5) is 11.4 Å². The molecule has 0 spiro atoms. The Bertz CT molecular complexity index is 819. The Morgan fingerprint density at radius 3 is 1.81 bits per heavy atom. The highest BCUT2D eigenvalue weighted by Gasteiger charge is 2.21. The Labute approximate surface area is 158 Å². The first-order chi connectivity index (χ1) is 12.7. The zero-order valence-corrected chi connectivity index (χ0v) is 15.8. The molecule has 0 aliphatic carbocycles. The van der Waals surface area contributed by atoms with Crippen LogP contribution in [0.1, 0.15) is 48.4 Å². The van der Waals surface area contributed by atoms with Crippen molar-refractivity contribution in [1.29, 1.82) is 0 Å². The van der Waals surface area contributed by atoms with E-state index in [-0.39, 0.29) is 29.6 Å². The van der Waals surface area contributed by atoms with Gasteiger partial charge in [0.05, 0.1) is 4.92 Å². The SMILES string of the molecule is CC(C)N(C(=O)c1ccc(NC(=O)c2ccc([N+](=O)[O-])cc2)cc1)C(C)C. The first-order valence-electron chi connectivity index (χ1n) is 8.69. The maximum absolute atomic E-state index is 12.7. The number of anilines is 1. The summed E-state index contributed by atoms with van der Waals surface area (Å²) in [4.78, 5) is 36.8. The van der Waals surface area contributed by atoms with Gasteiger partial charge in [0.15, 0.2) is 0 Å². The van der Waals surface area contributed by atoms with E-state index in [9.17, 15) is 19.7 Å². The Morgan fingerprint density at radius 1 is 0.889 bits per heavy atom. The fraction of sp³-hybridized carbons (Fsp3) is 0.300. The molecule has 0 heterocycles. The van der Waals surface area contributed by atoms with Gasteiger partial charge in [0.1, 0.15) is 0 Å². The topological polar surface area (TPSA) is 92.6 Å². The van der Waals surface area contributed by atoms with Crippen LogP contribution in [0.25, 0.3) is 0 Å². The van der Waals surface area contributed by atoms with Crippen LogP contribution in [0.5, 0.6) is 0 Å². The molecule has 27 heavy (non-hydrogen) atoms. The van der Waals surface area contributed by atoms with Gasteiger partial charge in [-0.25, -0.2) is 0 Å². The summed E-state index contributed by atoms with van der Waals surface area (Å²) in [5.74, 6) is -0.441. The van der Waals surface area contributed by atoms with Gasteiger partial charge in [-0.3, -0.25) is 19.7 Å². The lowest BCUT2D eigenvalue weighted by atomic mass is 10.1. The van der Waals surface area contributed by atoms with E-state index < -0.39 is 4.92 Å². The molecule has 0 aromatic heterocycles. The normalized spacial score (nSPS) is 10.7. The highest BCUT2D eigenvalue weighted by molar-refractivity contribution is 6.04. The van der Waals surface area contributed by atoms with Crippen molar-refractivity contribution in [2.75, 3.05) is 5.32 Å². The van der Waals surface area contributed by atoms with Gasteiger partial charge < -0.3 is 10.2 Å². The van der Waals surface area contributed by atoms with Crippen molar-refractivity contribution in [3.8, 4) is 0 Å². The van der Waals surface area contributed by atoms with Crippen molar-refractivity contribution >= 4 is 23.2 Å². The molecule has 0 bridgehead atoms. The molecule has 0 atom stereocenters. The molecule has 7 nitrogen and oxygen atoms in total. The molecule has 7 heteroatoms. The number of amides is 2. The van der Waals surface area contributed by atoms with Gasteiger partial charge in [0.25, 0.3) is 17.5 Å². The lowest BCUT2D eigenvalue weighted by molar-refractivity contribution is -0.384. The molecular weight excluding hydrogens is 346 g/mol. The molecule has 0 saturated carbocycles. The molecule has 1 N–H and O–H groups in total. The molecular formula is C20H23N3O4. The Kier molecular flexibility index (Phi) is 6.28. The number of non-ortho nitro benzene ring substituents is 1. The summed E-state index contributed by atoms with van der Waals surface area (Å²) >= 11 is 0. The molecule has 0 fully saturated rings. The van der Waals surface area contributed by atoms with Crippen LogP contribution in [-0.4, -0.2) is 33.7 Å². The Hall–Kier alpha value is -3.22. The summed E-state index contributed by atoms with van der Waals surface area (Å²) in [6.45, 7) is 7.88. The van der Waals surface area contributed by atoms with Crippen molar-refractivity contribution in [1.82, 2.24) is 4.90 Å². The zero-order valence-electron chi connectivity index (χ0n) is 15.8. The summed E-state index contributed by atoms with van der Waals surface area (Å²) in [6.07, 6.45) is 0. The third-order valence-corrected chi connectivity index (χ3v) is 4.08. The maximum Gasteiger partial charge on any atom is 0.269 e. The van der Waals surface area contributed by atoms with E-state index in [4.69, 9.17) is 0 Å². The number of hydrogen-bond donors (Lipinski definition) is 1. The van der Waals surface area contributed by atoms with Gasteiger partial charge in [0.2, 0.25) is 0 Å². The number of nitrogens with zero attached hydrogens (tertiary/aromatic N) is 2. The first-order valence-corrected chi connectivity index (χ1v) is 8.69. The van der Waals surface area contributed by atoms with Crippen LogP contribution >= 0.6 is 0 Å². The van der Waals surface area contributed by atoms with E-state index in [1.807, 2.05) is 27.7 Å². The fourth-order valence-corrected chi connectivity index (χ4v) is 2.85. The van der Waals surface area contributed by atoms with Crippen molar-refractivity contribution in [3.63, 3.8) is 0 Å². The van der Waals surface area contributed by atoms with Crippen molar-refractivity contribution in [3.05, 3.63) is 69.8 Å². The molecule has 142 valence electrons. The van der Waals surface area contributed by atoms with Crippen LogP contribution in [0, 0.1) is 10.1 Å². The summed E-state index contributed by atoms with van der Waals surface area (Å²) in [6, 6.07) is 12.2. The van der Waals surface area contributed by atoms with E-state index >= 15 is 0 Å². The minimum atomic E-state index is -0.519. The van der Waals surface area contributed by atoms with Crippen molar-refractivity contribution in [2.24, 2.45) is 0 Å². The van der Waals surface area contributed by atoms with Crippen LogP contribution in [0.2, 0.25) is 0 Å². The van der Waals surface area contributed by atoms with Gasteiger partial charge >= 0.3 is 0 Å². The molecule has 0 aliphatic rings. The van der Waals surface area contributed by atoms with Gasteiger partial charge in [-0.1, -0.05) is 0 Å². The van der Waals surface area contributed by atoms with Gasteiger partial charge in [0, 0.05) is 41.0 Å². The number of nitrogens with one attached hydrogen (secondary N) is 1. The molecule has 0 unspecified atom stereocenters. The van der Waals surface area contributed by atoms with E-state index in [1.165, 1.54) is 24.3 Å². The number of carbonyl (C=O) groups is 2. The first kappa shape index (κ1) is 20.1. The molecule has 2 amide bonds. The highest BCUT2D eigenvalue weighted by atomic mass is 16.6. The van der Waals surface area contributed by atoms with E-state index in [0.29, 0.717) is 16.8 Å². The lowest BCUT2D eigenvalue weighted by Gasteiger charge is -2.30. The number of nitro benzene ring substituents is 1. The third kappa shape index (κ3) is 4.91.